The fraction of sp³-hybridized carbons (Fsp3) is 0.105. The van der Waals surface area contributed by atoms with Crippen LogP contribution in [0.2, 0.25) is 0 Å². The summed E-state index contributed by atoms with van der Waals surface area (Å²) in [6, 6.07) is 13.4. The first-order valence-corrected chi connectivity index (χ1v) is 11.1. The molecule has 0 atom stereocenters. The van der Waals surface area contributed by atoms with Crippen LogP contribution in [0.1, 0.15) is 0 Å². The number of hydrogen-bond acceptors (Lipinski definition) is 7. The summed E-state index contributed by atoms with van der Waals surface area (Å²) >= 11 is 8.06. The van der Waals surface area contributed by atoms with Crippen LogP contribution in [0.25, 0.3) is 21.6 Å². The number of thioether (sulfide) groups is 1. The second-order valence-electron chi connectivity index (χ2n) is 6.13. The summed E-state index contributed by atoms with van der Waals surface area (Å²) in [6.07, 6.45) is 1.72. The minimum absolute atomic E-state index is 0.0662. The van der Waals surface area contributed by atoms with E-state index >= 15 is 0 Å². The highest BCUT2D eigenvalue weighted by Gasteiger charge is 2.14. The number of para-hydroxylation sites is 1. The molecule has 0 aliphatic heterocycles. The summed E-state index contributed by atoms with van der Waals surface area (Å²) in [7, 11) is 0. The topological polar surface area (TPSA) is 105 Å². The van der Waals surface area contributed by atoms with Crippen molar-refractivity contribution in [3.8, 4) is 10.7 Å². The van der Waals surface area contributed by atoms with Crippen molar-refractivity contribution >= 4 is 58.0 Å². The number of thiophene rings is 1. The first-order chi connectivity index (χ1) is 14.6. The zero-order chi connectivity index (χ0) is 20.9. The molecule has 8 nitrogen and oxygen atoms in total. The number of carbonyl (C=O) groups is 2. The molecule has 0 spiro atoms. The van der Waals surface area contributed by atoms with Crippen molar-refractivity contribution in [1.29, 1.82) is 0 Å². The molecular weight excluding hydrogens is 440 g/mol. The fourth-order valence-electron chi connectivity index (χ4n) is 2.75. The van der Waals surface area contributed by atoms with Gasteiger partial charge in [-0.25, -0.2) is 0 Å². The standard InChI is InChI=1S/C19H16N6O2S3/c26-15(10-25-18(23-24-19(25)28)14-7-3-9-29-14)21-22-16(27)11-30-13-6-1-4-12-5-2-8-20-17(12)13/h1-9H,10-11H2,(H,21,26)(H,22,27)(H,24,28). The molecule has 4 aromatic rings. The minimum Gasteiger partial charge on any atom is -0.290 e. The Balaban J connectivity index is 1.32. The molecule has 0 aliphatic rings. The number of amides is 2. The monoisotopic (exact) mass is 456 g/mol. The molecule has 0 radical (unpaired) electrons. The number of aromatic amines is 1. The van der Waals surface area contributed by atoms with Gasteiger partial charge in [-0.3, -0.25) is 35.1 Å². The number of pyridine rings is 1. The van der Waals surface area contributed by atoms with Crippen molar-refractivity contribution in [2.75, 3.05) is 5.75 Å². The van der Waals surface area contributed by atoms with E-state index in [9.17, 15) is 9.59 Å². The van der Waals surface area contributed by atoms with Crippen molar-refractivity contribution in [2.45, 2.75) is 11.4 Å². The number of nitrogens with one attached hydrogen (secondary N) is 3. The van der Waals surface area contributed by atoms with Crippen LogP contribution >= 0.6 is 35.3 Å². The number of carbonyl (C=O) groups excluding carboxylic acids is 2. The number of aromatic nitrogens is 4. The average molecular weight is 457 g/mol. The third kappa shape index (κ3) is 4.58. The maximum absolute atomic E-state index is 12.3. The normalized spacial score (nSPS) is 10.8. The highest BCUT2D eigenvalue weighted by atomic mass is 32.2. The molecule has 0 saturated heterocycles. The zero-order valence-electron chi connectivity index (χ0n) is 15.5. The van der Waals surface area contributed by atoms with Crippen LogP contribution in [0.4, 0.5) is 0 Å². The molecule has 1 aromatic carbocycles. The first-order valence-electron chi connectivity index (χ1n) is 8.85. The van der Waals surface area contributed by atoms with Gasteiger partial charge in [-0.1, -0.05) is 24.3 Å². The minimum atomic E-state index is -0.407. The van der Waals surface area contributed by atoms with Gasteiger partial charge in [0, 0.05) is 16.5 Å². The van der Waals surface area contributed by atoms with E-state index in [1.165, 1.54) is 23.1 Å². The van der Waals surface area contributed by atoms with Crippen molar-refractivity contribution in [2.24, 2.45) is 0 Å². The molecule has 3 heterocycles. The van der Waals surface area contributed by atoms with Crippen molar-refractivity contribution in [3.05, 3.63) is 58.8 Å². The Morgan fingerprint density at radius 3 is 2.80 bits per heavy atom. The van der Waals surface area contributed by atoms with Crippen molar-refractivity contribution in [1.82, 2.24) is 30.6 Å². The third-order valence-corrected chi connectivity index (χ3v) is 6.32. The summed E-state index contributed by atoms with van der Waals surface area (Å²) in [4.78, 5) is 30.6. The molecule has 3 aromatic heterocycles. The molecule has 0 saturated carbocycles. The molecule has 30 heavy (non-hydrogen) atoms. The smallest absolute Gasteiger partial charge is 0.258 e. The van der Waals surface area contributed by atoms with E-state index in [-0.39, 0.29) is 18.2 Å². The van der Waals surface area contributed by atoms with E-state index in [0.29, 0.717) is 10.6 Å². The lowest BCUT2D eigenvalue weighted by atomic mass is 10.2. The maximum Gasteiger partial charge on any atom is 0.258 e. The number of fused-ring (bicyclic) bond motifs is 1. The Kier molecular flexibility index (Phi) is 6.21. The maximum atomic E-state index is 12.3. The van der Waals surface area contributed by atoms with Crippen LogP contribution in [0.15, 0.2) is 58.9 Å². The number of rotatable bonds is 6. The van der Waals surface area contributed by atoms with Gasteiger partial charge in [0.25, 0.3) is 5.91 Å². The van der Waals surface area contributed by atoms with Crippen LogP contribution in [0, 0.1) is 4.77 Å². The first kappa shape index (κ1) is 20.3. The van der Waals surface area contributed by atoms with Gasteiger partial charge in [-0.15, -0.1) is 23.1 Å². The van der Waals surface area contributed by atoms with E-state index in [4.69, 9.17) is 12.2 Å². The predicted octanol–water partition coefficient (Wildman–Crippen LogP) is 3.16. The van der Waals surface area contributed by atoms with E-state index in [0.717, 1.165) is 20.7 Å². The van der Waals surface area contributed by atoms with E-state index in [1.54, 1.807) is 10.8 Å². The highest BCUT2D eigenvalue weighted by Crippen LogP contribution is 2.26. The number of hydrogen-bond donors (Lipinski definition) is 3. The molecule has 3 N–H and O–H groups in total. The summed E-state index contributed by atoms with van der Waals surface area (Å²) < 4.78 is 1.91. The van der Waals surface area contributed by atoms with E-state index in [1.807, 2.05) is 47.8 Å². The average Bonchev–Trinajstić information content (AvgIpc) is 3.41. The molecular formula is C19H16N6O2S3. The van der Waals surface area contributed by atoms with Crippen LogP contribution in [0.3, 0.4) is 0 Å². The Hall–Kier alpha value is -3.02. The van der Waals surface area contributed by atoms with Crippen LogP contribution in [-0.2, 0) is 16.1 Å². The number of benzene rings is 1. The predicted molar refractivity (Wildman–Crippen MR) is 119 cm³/mol. The Morgan fingerprint density at radius 2 is 1.97 bits per heavy atom. The lowest BCUT2D eigenvalue weighted by Crippen LogP contribution is -2.44. The molecule has 0 unspecified atom stereocenters. The SMILES string of the molecule is O=C(CSc1cccc2cccnc12)NNC(=O)Cn1c(-c2cccs2)n[nH]c1=S. The van der Waals surface area contributed by atoms with Gasteiger partial charge in [0.15, 0.2) is 10.6 Å². The lowest BCUT2D eigenvalue weighted by molar-refractivity contribution is -0.128. The second-order valence-corrected chi connectivity index (χ2v) is 8.48. The molecule has 2 amide bonds. The third-order valence-electron chi connectivity index (χ3n) is 4.10. The lowest BCUT2D eigenvalue weighted by Gasteiger charge is -2.09. The van der Waals surface area contributed by atoms with Gasteiger partial charge >= 0.3 is 0 Å². The van der Waals surface area contributed by atoms with Crippen LogP contribution in [0.5, 0.6) is 0 Å². The number of hydrazine groups is 1. The fourth-order valence-corrected chi connectivity index (χ4v) is 4.51. The second kappa shape index (κ2) is 9.20. The summed E-state index contributed by atoms with van der Waals surface area (Å²) in [6.45, 7) is -0.0662. The van der Waals surface area contributed by atoms with Crippen LogP contribution < -0.4 is 10.9 Å². The van der Waals surface area contributed by atoms with Gasteiger partial charge in [0.05, 0.1) is 16.1 Å². The summed E-state index contributed by atoms with van der Waals surface area (Å²) in [5.74, 6) is -0.0109. The molecule has 0 aliphatic carbocycles. The van der Waals surface area contributed by atoms with Crippen molar-refractivity contribution in [3.63, 3.8) is 0 Å². The molecule has 152 valence electrons. The zero-order valence-corrected chi connectivity index (χ0v) is 17.9. The quantitative estimate of drug-likeness (QED) is 0.234. The highest BCUT2D eigenvalue weighted by molar-refractivity contribution is 8.00. The largest absolute Gasteiger partial charge is 0.290 e. The summed E-state index contributed by atoms with van der Waals surface area (Å²) in [5.41, 5.74) is 5.70. The molecule has 11 heteroatoms. The Morgan fingerprint density at radius 1 is 1.13 bits per heavy atom. The van der Waals surface area contributed by atoms with Gasteiger partial charge in [-0.2, -0.15) is 5.10 Å². The van der Waals surface area contributed by atoms with Gasteiger partial charge in [0.1, 0.15) is 6.54 Å². The van der Waals surface area contributed by atoms with E-state index in [2.05, 4.69) is 26.0 Å². The Bertz CT molecular complexity index is 1240. The molecule has 0 bridgehead atoms. The number of H-pyrrole nitrogens is 1. The van der Waals surface area contributed by atoms with E-state index < -0.39 is 5.91 Å². The van der Waals surface area contributed by atoms with Gasteiger partial charge in [0.2, 0.25) is 5.91 Å². The molecule has 0 fully saturated rings. The Labute approximate surface area is 184 Å². The molecule has 4 rings (SSSR count). The summed E-state index contributed by atoms with van der Waals surface area (Å²) in [5, 5.41) is 9.80. The van der Waals surface area contributed by atoms with Gasteiger partial charge in [-0.05, 0) is 35.8 Å². The van der Waals surface area contributed by atoms with Crippen molar-refractivity contribution < 1.29 is 9.59 Å². The number of nitrogens with zero attached hydrogens (tertiary/aromatic N) is 3. The van der Waals surface area contributed by atoms with Crippen LogP contribution in [-0.4, -0.2) is 37.3 Å². The van der Waals surface area contributed by atoms with Gasteiger partial charge < -0.3 is 0 Å².